The first-order valence-electron chi connectivity index (χ1n) is 12.5. The Morgan fingerprint density at radius 3 is 2.10 bits per heavy atom. The lowest BCUT2D eigenvalue weighted by molar-refractivity contribution is -0.142. The number of amides is 4. The van der Waals surface area contributed by atoms with Gasteiger partial charge in [0.1, 0.15) is 23.4 Å². The van der Waals surface area contributed by atoms with Gasteiger partial charge in [0, 0.05) is 12.2 Å². The topological polar surface area (TPSA) is 160 Å². The maximum atomic E-state index is 13.8. The smallest absolute Gasteiger partial charge is 0.408 e. The van der Waals surface area contributed by atoms with Crippen molar-refractivity contribution in [2.24, 2.45) is 5.73 Å². The molecule has 0 aliphatic carbocycles. The van der Waals surface area contributed by atoms with Gasteiger partial charge in [0.15, 0.2) is 0 Å². The standard InChI is InChI=1S/C28H38N4O7/c1-17-13-18(2)15-19(14-17)24(25(35)30-20-7-9-21(38-6)10-8-20)32(11-12-33)26(36)22(16-23(29)34)31-27(37)39-28(3,4)5/h7-10,13-15,22,24,33H,11-12,16H2,1-6H3,(H2,29,34)(H,30,35)(H,31,37). The predicted molar refractivity (Wildman–Crippen MR) is 146 cm³/mol. The first-order chi connectivity index (χ1) is 18.2. The molecule has 2 unspecified atom stereocenters. The Balaban J connectivity index is 2.53. The highest BCUT2D eigenvalue weighted by atomic mass is 16.6. The number of nitrogens with zero attached hydrogens (tertiary/aromatic N) is 1. The van der Waals surface area contributed by atoms with Gasteiger partial charge in [-0.05, 0) is 64.4 Å². The predicted octanol–water partition coefficient (Wildman–Crippen LogP) is 2.58. The Morgan fingerprint density at radius 2 is 1.62 bits per heavy atom. The van der Waals surface area contributed by atoms with E-state index in [1.807, 2.05) is 19.9 Å². The third-order valence-corrected chi connectivity index (χ3v) is 5.50. The molecule has 2 aromatic rings. The number of nitrogens with two attached hydrogens (primary N) is 1. The summed E-state index contributed by atoms with van der Waals surface area (Å²) < 4.78 is 10.4. The number of hydrogen-bond acceptors (Lipinski definition) is 7. The Hall–Kier alpha value is -4.12. The van der Waals surface area contributed by atoms with Gasteiger partial charge < -0.3 is 35.8 Å². The zero-order chi connectivity index (χ0) is 29.3. The summed E-state index contributed by atoms with van der Waals surface area (Å²) in [6.07, 6.45) is -1.48. The van der Waals surface area contributed by atoms with Crippen molar-refractivity contribution >= 4 is 29.5 Å². The molecular formula is C28H38N4O7. The van der Waals surface area contributed by atoms with Crippen molar-refractivity contribution in [3.63, 3.8) is 0 Å². The highest BCUT2D eigenvalue weighted by molar-refractivity contribution is 5.99. The van der Waals surface area contributed by atoms with E-state index in [0.717, 1.165) is 16.0 Å². The van der Waals surface area contributed by atoms with Crippen LogP contribution >= 0.6 is 0 Å². The molecule has 0 saturated carbocycles. The fraction of sp³-hybridized carbons (Fsp3) is 0.429. The minimum absolute atomic E-state index is 0.266. The van der Waals surface area contributed by atoms with Gasteiger partial charge in [-0.3, -0.25) is 14.4 Å². The van der Waals surface area contributed by atoms with E-state index in [9.17, 15) is 24.3 Å². The van der Waals surface area contributed by atoms with E-state index in [1.54, 1.807) is 57.2 Å². The summed E-state index contributed by atoms with van der Waals surface area (Å²) in [5, 5.41) is 15.1. The molecule has 0 fully saturated rings. The van der Waals surface area contributed by atoms with E-state index in [1.165, 1.54) is 7.11 Å². The first kappa shape index (κ1) is 31.1. The Kier molecular flexibility index (Phi) is 10.9. The number of nitrogens with one attached hydrogen (secondary N) is 2. The molecule has 0 spiro atoms. The maximum Gasteiger partial charge on any atom is 0.408 e. The van der Waals surface area contributed by atoms with Gasteiger partial charge in [-0.25, -0.2) is 4.79 Å². The molecule has 0 saturated heterocycles. The lowest BCUT2D eigenvalue weighted by Gasteiger charge is -2.34. The molecule has 39 heavy (non-hydrogen) atoms. The van der Waals surface area contributed by atoms with E-state index in [0.29, 0.717) is 17.0 Å². The normalized spacial score (nSPS) is 12.6. The number of ether oxygens (including phenoxy) is 2. The number of alkyl carbamates (subject to hydrolysis) is 1. The van der Waals surface area contributed by atoms with Crippen molar-refractivity contribution in [3.8, 4) is 5.75 Å². The average molecular weight is 543 g/mol. The number of rotatable bonds is 11. The Morgan fingerprint density at radius 1 is 1.03 bits per heavy atom. The van der Waals surface area contributed by atoms with E-state index in [-0.39, 0.29) is 6.54 Å². The summed E-state index contributed by atoms with van der Waals surface area (Å²) >= 11 is 0. The number of carbonyl (C=O) groups is 4. The molecule has 212 valence electrons. The van der Waals surface area contributed by atoms with Gasteiger partial charge in [-0.2, -0.15) is 0 Å². The van der Waals surface area contributed by atoms with Gasteiger partial charge in [0.25, 0.3) is 5.91 Å². The second-order valence-corrected chi connectivity index (χ2v) is 10.2. The molecule has 11 heteroatoms. The van der Waals surface area contributed by atoms with Crippen molar-refractivity contribution < 1.29 is 33.8 Å². The Bertz CT molecular complexity index is 1160. The fourth-order valence-corrected chi connectivity index (χ4v) is 4.05. The number of primary amides is 1. The molecule has 0 aromatic heterocycles. The van der Waals surface area contributed by atoms with Crippen LogP contribution in [0.5, 0.6) is 5.75 Å². The summed E-state index contributed by atoms with van der Waals surface area (Å²) in [6.45, 7) is 7.90. The summed E-state index contributed by atoms with van der Waals surface area (Å²) in [5.74, 6) is -1.61. The second-order valence-electron chi connectivity index (χ2n) is 10.2. The summed E-state index contributed by atoms with van der Waals surface area (Å²) in [6, 6.07) is 9.41. The van der Waals surface area contributed by atoms with Crippen molar-refractivity contribution in [1.82, 2.24) is 10.2 Å². The van der Waals surface area contributed by atoms with Crippen molar-refractivity contribution in [2.45, 2.75) is 58.7 Å². The molecule has 0 aliphatic heterocycles. The van der Waals surface area contributed by atoms with Crippen LogP contribution in [0.4, 0.5) is 10.5 Å². The third-order valence-electron chi connectivity index (χ3n) is 5.50. The van der Waals surface area contributed by atoms with Crippen molar-refractivity contribution in [1.29, 1.82) is 0 Å². The monoisotopic (exact) mass is 542 g/mol. The summed E-state index contributed by atoms with van der Waals surface area (Å²) in [5.41, 5.74) is 7.15. The molecule has 11 nitrogen and oxygen atoms in total. The summed E-state index contributed by atoms with van der Waals surface area (Å²) in [7, 11) is 1.52. The summed E-state index contributed by atoms with van der Waals surface area (Å²) in [4.78, 5) is 53.0. The number of benzene rings is 2. The van der Waals surface area contributed by atoms with Crippen LogP contribution in [0.1, 0.15) is 49.9 Å². The second kappa shape index (κ2) is 13.6. The van der Waals surface area contributed by atoms with Crippen molar-refractivity contribution in [3.05, 3.63) is 59.2 Å². The number of carbonyl (C=O) groups excluding carboxylic acids is 4. The molecule has 0 aliphatic rings. The van der Waals surface area contributed by atoms with Gasteiger partial charge >= 0.3 is 6.09 Å². The maximum absolute atomic E-state index is 13.8. The number of anilines is 1. The molecule has 0 heterocycles. The lowest BCUT2D eigenvalue weighted by Crippen LogP contribution is -2.54. The van der Waals surface area contributed by atoms with Crippen LogP contribution in [0.15, 0.2) is 42.5 Å². The molecule has 5 N–H and O–H groups in total. The lowest BCUT2D eigenvalue weighted by atomic mass is 9.98. The number of aliphatic hydroxyl groups excluding tert-OH is 1. The van der Waals surface area contributed by atoms with Gasteiger partial charge in [0.05, 0.1) is 20.1 Å². The molecule has 2 atom stereocenters. The zero-order valence-electron chi connectivity index (χ0n) is 23.2. The van der Waals surface area contributed by atoms with E-state index in [2.05, 4.69) is 10.6 Å². The molecule has 0 radical (unpaired) electrons. The van der Waals surface area contributed by atoms with Crippen LogP contribution in [0, 0.1) is 13.8 Å². The molecule has 0 bridgehead atoms. The SMILES string of the molecule is COc1ccc(NC(=O)C(c2cc(C)cc(C)c2)N(CCO)C(=O)C(CC(N)=O)NC(=O)OC(C)(C)C)cc1. The highest BCUT2D eigenvalue weighted by Crippen LogP contribution is 2.27. The minimum atomic E-state index is -1.44. The van der Waals surface area contributed by atoms with Crippen LogP contribution in [-0.4, -0.2) is 65.7 Å². The fourth-order valence-electron chi connectivity index (χ4n) is 4.05. The van der Waals surface area contributed by atoms with Gasteiger partial charge in [0.2, 0.25) is 11.8 Å². The number of hydrogen-bond donors (Lipinski definition) is 4. The van der Waals surface area contributed by atoms with Crippen LogP contribution in [0.2, 0.25) is 0 Å². The van der Waals surface area contributed by atoms with Crippen LogP contribution < -0.4 is 21.1 Å². The van der Waals surface area contributed by atoms with Crippen LogP contribution in [0.25, 0.3) is 0 Å². The molecular weight excluding hydrogens is 504 g/mol. The van der Waals surface area contributed by atoms with Crippen LogP contribution in [0.3, 0.4) is 0 Å². The van der Waals surface area contributed by atoms with E-state index < -0.39 is 54.5 Å². The van der Waals surface area contributed by atoms with Gasteiger partial charge in [-0.15, -0.1) is 0 Å². The average Bonchev–Trinajstić information content (AvgIpc) is 2.81. The number of methoxy groups -OCH3 is 1. The number of aryl methyl sites for hydroxylation is 2. The third kappa shape index (κ3) is 9.60. The van der Waals surface area contributed by atoms with Crippen molar-refractivity contribution in [2.75, 3.05) is 25.6 Å². The first-order valence-corrected chi connectivity index (χ1v) is 12.5. The zero-order valence-corrected chi connectivity index (χ0v) is 23.2. The minimum Gasteiger partial charge on any atom is -0.497 e. The molecule has 2 aromatic carbocycles. The largest absolute Gasteiger partial charge is 0.497 e. The molecule has 2 rings (SSSR count). The van der Waals surface area contributed by atoms with E-state index >= 15 is 0 Å². The van der Waals surface area contributed by atoms with Gasteiger partial charge in [-0.1, -0.05) is 29.3 Å². The highest BCUT2D eigenvalue weighted by Gasteiger charge is 2.37. The quantitative estimate of drug-likeness (QED) is 0.339. The Labute approximate surface area is 228 Å². The number of aliphatic hydroxyl groups is 1. The molecule has 4 amide bonds. The van der Waals surface area contributed by atoms with E-state index in [4.69, 9.17) is 15.2 Å². The van der Waals surface area contributed by atoms with Crippen LogP contribution in [-0.2, 0) is 19.1 Å².